The minimum Gasteiger partial charge on any atom is -0.478 e. The number of carboxylic acid groups (broad SMARTS) is 1. The second-order valence-electron chi connectivity index (χ2n) is 7.11. The first kappa shape index (κ1) is 16.8. The summed E-state index contributed by atoms with van der Waals surface area (Å²) in [5, 5.41) is 9.38. The lowest BCUT2D eigenvalue weighted by molar-refractivity contribution is 0.0693. The molecule has 26 heavy (non-hydrogen) atoms. The number of H-pyrrole nitrogens is 1. The Balaban J connectivity index is 1.43. The van der Waals surface area contributed by atoms with E-state index in [1.54, 1.807) is 12.1 Å². The lowest BCUT2D eigenvalue weighted by Gasteiger charge is -2.32. The van der Waals surface area contributed by atoms with Crippen LogP contribution in [0.1, 0.15) is 34.6 Å². The van der Waals surface area contributed by atoms with Gasteiger partial charge in [-0.15, -0.1) is 0 Å². The molecule has 0 bridgehead atoms. The first-order valence-electron chi connectivity index (χ1n) is 9.16. The van der Waals surface area contributed by atoms with Gasteiger partial charge < -0.3 is 10.1 Å². The first-order valence-corrected chi connectivity index (χ1v) is 9.16. The van der Waals surface area contributed by atoms with Crippen molar-refractivity contribution in [3.05, 3.63) is 65.5 Å². The van der Waals surface area contributed by atoms with Crippen molar-refractivity contribution in [1.29, 1.82) is 0 Å². The predicted molar refractivity (Wildman–Crippen MR) is 101 cm³/mol. The molecule has 2 heterocycles. The number of para-hydroxylation sites is 2. The van der Waals surface area contributed by atoms with Crippen LogP contribution in [0, 0.1) is 5.92 Å². The first-order chi connectivity index (χ1) is 12.7. The van der Waals surface area contributed by atoms with Crippen LogP contribution in [0.4, 0.5) is 0 Å². The molecule has 1 aliphatic heterocycles. The van der Waals surface area contributed by atoms with Gasteiger partial charge in [0.2, 0.25) is 0 Å². The summed E-state index contributed by atoms with van der Waals surface area (Å²) in [6.45, 7) is 2.69. The van der Waals surface area contributed by atoms with E-state index in [9.17, 15) is 9.90 Å². The fourth-order valence-electron chi connectivity index (χ4n) is 3.94. The van der Waals surface area contributed by atoms with E-state index in [0.717, 1.165) is 48.4 Å². The Bertz CT molecular complexity index is 885. The molecule has 0 radical (unpaired) electrons. The number of carbonyl (C=O) groups is 1. The number of hydrogen-bond acceptors (Lipinski definition) is 3. The number of nitrogens with zero attached hydrogens (tertiary/aromatic N) is 2. The van der Waals surface area contributed by atoms with Crippen molar-refractivity contribution in [1.82, 2.24) is 14.9 Å². The van der Waals surface area contributed by atoms with Crippen LogP contribution in [-0.2, 0) is 13.0 Å². The zero-order valence-electron chi connectivity index (χ0n) is 14.7. The molecule has 0 spiro atoms. The van der Waals surface area contributed by atoms with Crippen molar-refractivity contribution in [2.45, 2.75) is 25.8 Å². The van der Waals surface area contributed by atoms with Crippen LogP contribution in [0.2, 0.25) is 0 Å². The Hall–Kier alpha value is -2.66. The monoisotopic (exact) mass is 349 g/mol. The summed E-state index contributed by atoms with van der Waals surface area (Å²) in [4.78, 5) is 21.9. The highest BCUT2D eigenvalue weighted by Gasteiger charge is 2.22. The average molecular weight is 349 g/mol. The molecule has 1 aliphatic rings. The van der Waals surface area contributed by atoms with Crippen LogP contribution in [0.5, 0.6) is 0 Å². The summed E-state index contributed by atoms with van der Waals surface area (Å²) >= 11 is 0. The lowest BCUT2D eigenvalue weighted by atomic mass is 9.94. The van der Waals surface area contributed by atoms with Gasteiger partial charge in [-0.2, -0.15) is 0 Å². The van der Waals surface area contributed by atoms with Crippen molar-refractivity contribution < 1.29 is 9.90 Å². The highest BCUT2D eigenvalue weighted by atomic mass is 16.4. The van der Waals surface area contributed by atoms with Crippen LogP contribution >= 0.6 is 0 Å². The Morgan fingerprint density at radius 1 is 1.19 bits per heavy atom. The second-order valence-corrected chi connectivity index (χ2v) is 7.11. The summed E-state index contributed by atoms with van der Waals surface area (Å²) < 4.78 is 0. The SMILES string of the molecule is O=C(O)c1ccccc1CN1CCC[C@H](Cc2nc3ccccc3[nH]2)C1. The van der Waals surface area contributed by atoms with E-state index in [4.69, 9.17) is 4.98 Å². The normalized spacial score (nSPS) is 18.2. The fraction of sp³-hybridized carbons (Fsp3) is 0.333. The maximum Gasteiger partial charge on any atom is 0.336 e. The Kier molecular flexibility index (Phi) is 4.71. The fourth-order valence-corrected chi connectivity index (χ4v) is 3.94. The van der Waals surface area contributed by atoms with Gasteiger partial charge in [-0.25, -0.2) is 9.78 Å². The molecule has 5 nitrogen and oxygen atoms in total. The molecule has 0 unspecified atom stereocenters. The van der Waals surface area contributed by atoms with E-state index >= 15 is 0 Å². The van der Waals surface area contributed by atoms with Gasteiger partial charge >= 0.3 is 5.97 Å². The third kappa shape index (κ3) is 3.63. The van der Waals surface area contributed by atoms with Crippen molar-refractivity contribution in [2.24, 2.45) is 5.92 Å². The minimum absolute atomic E-state index is 0.409. The third-order valence-corrected chi connectivity index (χ3v) is 5.17. The molecule has 1 atom stereocenters. The smallest absolute Gasteiger partial charge is 0.336 e. The number of imidazole rings is 1. The standard InChI is InChI=1S/C21H23N3O2/c25-21(26)17-8-2-1-7-16(17)14-24-11-5-6-15(13-24)12-20-22-18-9-3-4-10-19(18)23-20/h1-4,7-10,15H,5-6,11-14H2,(H,22,23)(H,25,26)/t15-/m1/s1. The summed E-state index contributed by atoms with van der Waals surface area (Å²) in [7, 11) is 0. The minimum atomic E-state index is -0.851. The topological polar surface area (TPSA) is 69.2 Å². The van der Waals surface area contributed by atoms with Crippen LogP contribution in [0.25, 0.3) is 11.0 Å². The van der Waals surface area contributed by atoms with Gasteiger partial charge in [0.1, 0.15) is 5.82 Å². The highest BCUT2D eigenvalue weighted by Crippen LogP contribution is 2.23. The number of aromatic nitrogens is 2. The van der Waals surface area contributed by atoms with Crippen LogP contribution in [0.15, 0.2) is 48.5 Å². The number of aromatic carboxylic acids is 1. The molecule has 0 aliphatic carbocycles. The number of nitrogens with one attached hydrogen (secondary N) is 1. The van der Waals surface area contributed by atoms with E-state index in [1.807, 2.05) is 30.3 Å². The number of aromatic amines is 1. The largest absolute Gasteiger partial charge is 0.478 e. The molecule has 2 N–H and O–H groups in total. The Morgan fingerprint density at radius 2 is 2.00 bits per heavy atom. The van der Waals surface area contributed by atoms with Gasteiger partial charge in [0, 0.05) is 19.5 Å². The van der Waals surface area contributed by atoms with E-state index in [-0.39, 0.29) is 0 Å². The Morgan fingerprint density at radius 3 is 2.85 bits per heavy atom. The van der Waals surface area contributed by atoms with Crippen LogP contribution in [0.3, 0.4) is 0 Å². The van der Waals surface area contributed by atoms with E-state index < -0.39 is 5.97 Å². The van der Waals surface area contributed by atoms with E-state index in [0.29, 0.717) is 18.0 Å². The van der Waals surface area contributed by atoms with Crippen LogP contribution in [-0.4, -0.2) is 39.0 Å². The second kappa shape index (κ2) is 7.30. The molecule has 1 saturated heterocycles. The summed E-state index contributed by atoms with van der Waals surface area (Å²) in [5.41, 5.74) is 3.41. The number of piperidine rings is 1. The van der Waals surface area contributed by atoms with Crippen molar-refractivity contribution >= 4 is 17.0 Å². The van der Waals surface area contributed by atoms with Gasteiger partial charge in [0.15, 0.2) is 0 Å². The molecule has 3 aromatic rings. The zero-order chi connectivity index (χ0) is 17.9. The molecule has 1 fully saturated rings. The van der Waals surface area contributed by atoms with E-state index in [1.165, 1.54) is 6.42 Å². The number of carboxylic acids is 1. The number of likely N-dealkylation sites (tertiary alicyclic amines) is 1. The maximum atomic E-state index is 11.4. The third-order valence-electron chi connectivity index (χ3n) is 5.17. The molecule has 2 aromatic carbocycles. The van der Waals surface area contributed by atoms with Gasteiger partial charge in [-0.05, 0) is 49.1 Å². The van der Waals surface area contributed by atoms with Gasteiger partial charge in [-0.1, -0.05) is 30.3 Å². The van der Waals surface area contributed by atoms with E-state index in [2.05, 4.69) is 16.0 Å². The number of fused-ring (bicyclic) bond motifs is 1. The quantitative estimate of drug-likeness (QED) is 0.737. The average Bonchev–Trinajstić information content (AvgIpc) is 3.04. The summed E-state index contributed by atoms with van der Waals surface area (Å²) in [6, 6.07) is 15.4. The zero-order valence-corrected chi connectivity index (χ0v) is 14.7. The molecule has 0 saturated carbocycles. The number of hydrogen-bond donors (Lipinski definition) is 2. The molecular weight excluding hydrogens is 326 g/mol. The molecule has 1 aromatic heterocycles. The number of benzene rings is 2. The van der Waals surface area contributed by atoms with Gasteiger partial charge in [0.05, 0.1) is 16.6 Å². The maximum absolute atomic E-state index is 11.4. The highest BCUT2D eigenvalue weighted by molar-refractivity contribution is 5.89. The molecule has 0 amide bonds. The van der Waals surface area contributed by atoms with Gasteiger partial charge in [-0.3, -0.25) is 4.90 Å². The molecule has 134 valence electrons. The Labute approximate surface area is 152 Å². The summed E-state index contributed by atoms with van der Waals surface area (Å²) in [6.07, 6.45) is 3.26. The molecule has 5 heteroatoms. The van der Waals surface area contributed by atoms with Crippen molar-refractivity contribution in [3.63, 3.8) is 0 Å². The molecule has 4 rings (SSSR count). The molecular formula is C21H23N3O2. The number of rotatable bonds is 5. The van der Waals surface area contributed by atoms with Crippen LogP contribution < -0.4 is 0 Å². The summed E-state index contributed by atoms with van der Waals surface area (Å²) in [5.74, 6) is 0.738. The van der Waals surface area contributed by atoms with Crippen molar-refractivity contribution in [2.75, 3.05) is 13.1 Å². The predicted octanol–water partition coefficient (Wildman–Crippen LogP) is 3.72. The van der Waals surface area contributed by atoms with Gasteiger partial charge in [0.25, 0.3) is 0 Å². The van der Waals surface area contributed by atoms with Crippen molar-refractivity contribution in [3.8, 4) is 0 Å². The lowest BCUT2D eigenvalue weighted by Crippen LogP contribution is -2.36.